The molecule has 2 aliphatic heterocycles. The van der Waals surface area contributed by atoms with Crippen LogP contribution < -0.4 is 0 Å². The highest BCUT2D eigenvalue weighted by Crippen LogP contribution is 2.35. The van der Waals surface area contributed by atoms with Crippen LogP contribution in [0.15, 0.2) is 41.3 Å². The number of aliphatic hydroxyl groups is 4. The highest BCUT2D eigenvalue weighted by atomic mass is 35.5. The van der Waals surface area contributed by atoms with Crippen molar-refractivity contribution < 1.29 is 25.2 Å². The molecule has 0 spiro atoms. The van der Waals surface area contributed by atoms with Gasteiger partial charge in [-0.05, 0) is 59.4 Å². The SMILES string of the molecule is OCC1OC(c2ccc(Cl)c(Cc3ccc4c(c3)CCCS4)c2)C(O)C(O)C1O. The van der Waals surface area contributed by atoms with Crippen molar-refractivity contribution in [1.29, 1.82) is 0 Å². The first-order valence-electron chi connectivity index (χ1n) is 9.81. The van der Waals surface area contributed by atoms with Crippen LogP contribution in [0.5, 0.6) is 0 Å². The zero-order chi connectivity index (χ0) is 20.5. The van der Waals surface area contributed by atoms with E-state index in [4.69, 9.17) is 16.3 Å². The molecule has 0 amide bonds. The third-order valence-corrected chi connectivity index (χ3v) is 7.23. The molecular formula is C22H25ClO5S. The minimum Gasteiger partial charge on any atom is -0.394 e. The Balaban J connectivity index is 1.59. The molecule has 29 heavy (non-hydrogen) atoms. The van der Waals surface area contributed by atoms with E-state index >= 15 is 0 Å². The lowest BCUT2D eigenvalue weighted by molar-refractivity contribution is -0.231. The molecule has 5 unspecified atom stereocenters. The average Bonchev–Trinajstić information content (AvgIpc) is 2.74. The van der Waals surface area contributed by atoms with Crippen molar-refractivity contribution >= 4 is 23.4 Å². The van der Waals surface area contributed by atoms with E-state index in [-0.39, 0.29) is 0 Å². The first-order valence-corrected chi connectivity index (χ1v) is 11.2. The van der Waals surface area contributed by atoms with E-state index in [1.54, 1.807) is 12.1 Å². The summed E-state index contributed by atoms with van der Waals surface area (Å²) < 4.78 is 5.68. The molecule has 0 aliphatic carbocycles. The smallest absolute Gasteiger partial charge is 0.113 e. The standard InChI is InChI=1S/C22H25ClO5S/c23-16-5-4-14(22-21(27)20(26)19(25)17(11-24)28-22)10-15(16)9-12-3-6-18-13(8-12)2-1-7-29-18/h3-6,8,10,17,19-22,24-27H,1-2,7,9,11H2. The molecule has 7 heteroatoms. The van der Waals surface area contributed by atoms with Gasteiger partial charge in [0.05, 0.1) is 6.61 Å². The summed E-state index contributed by atoms with van der Waals surface area (Å²) in [5.74, 6) is 1.17. The molecule has 0 saturated carbocycles. The molecule has 2 aromatic rings. The number of thioether (sulfide) groups is 1. The molecule has 1 fully saturated rings. The highest BCUT2D eigenvalue weighted by molar-refractivity contribution is 7.99. The molecule has 0 radical (unpaired) electrons. The van der Waals surface area contributed by atoms with Gasteiger partial charge in [0.15, 0.2) is 0 Å². The van der Waals surface area contributed by atoms with Gasteiger partial charge in [-0.2, -0.15) is 0 Å². The molecule has 1 saturated heterocycles. The summed E-state index contributed by atoms with van der Waals surface area (Å²) in [5, 5.41) is 40.5. The summed E-state index contributed by atoms with van der Waals surface area (Å²) >= 11 is 8.33. The van der Waals surface area contributed by atoms with Crippen molar-refractivity contribution in [3.8, 4) is 0 Å². The first-order chi connectivity index (χ1) is 14.0. The van der Waals surface area contributed by atoms with Crippen LogP contribution in [0, 0.1) is 0 Å². The molecule has 2 aliphatic rings. The van der Waals surface area contributed by atoms with Gasteiger partial charge in [0.25, 0.3) is 0 Å². The molecule has 5 nitrogen and oxygen atoms in total. The van der Waals surface area contributed by atoms with Gasteiger partial charge >= 0.3 is 0 Å². The summed E-state index contributed by atoms with van der Waals surface area (Å²) in [6, 6.07) is 11.9. The normalized spacial score (nSPS) is 29.5. The number of fused-ring (bicyclic) bond motifs is 1. The Kier molecular flexibility index (Phi) is 6.51. The van der Waals surface area contributed by atoms with Crippen molar-refractivity contribution in [1.82, 2.24) is 0 Å². The summed E-state index contributed by atoms with van der Waals surface area (Å²) in [6.45, 7) is -0.449. The van der Waals surface area contributed by atoms with Crippen molar-refractivity contribution in [2.75, 3.05) is 12.4 Å². The Bertz CT molecular complexity index is 874. The topological polar surface area (TPSA) is 90.2 Å². The maximum Gasteiger partial charge on any atom is 0.113 e. The molecule has 156 valence electrons. The second-order valence-electron chi connectivity index (χ2n) is 7.67. The van der Waals surface area contributed by atoms with Crippen LogP contribution in [0.2, 0.25) is 5.02 Å². The van der Waals surface area contributed by atoms with Crippen molar-refractivity contribution in [2.24, 2.45) is 0 Å². The third-order valence-electron chi connectivity index (χ3n) is 5.66. The van der Waals surface area contributed by atoms with Gasteiger partial charge in [-0.25, -0.2) is 0 Å². The van der Waals surface area contributed by atoms with Crippen LogP contribution in [0.3, 0.4) is 0 Å². The number of hydrogen-bond acceptors (Lipinski definition) is 6. The molecule has 4 N–H and O–H groups in total. The minimum absolute atomic E-state index is 0.449. The van der Waals surface area contributed by atoms with Gasteiger partial charge < -0.3 is 25.2 Å². The Morgan fingerprint density at radius 1 is 1.03 bits per heavy atom. The van der Waals surface area contributed by atoms with E-state index in [0.717, 1.165) is 12.0 Å². The molecule has 5 atom stereocenters. The van der Waals surface area contributed by atoms with Crippen LogP contribution in [-0.2, 0) is 17.6 Å². The second kappa shape index (κ2) is 8.94. The molecule has 2 heterocycles. The Morgan fingerprint density at radius 3 is 2.66 bits per heavy atom. The van der Waals surface area contributed by atoms with Crippen LogP contribution in [0.4, 0.5) is 0 Å². The highest BCUT2D eigenvalue weighted by Gasteiger charge is 2.44. The number of rotatable bonds is 4. The number of ether oxygens (including phenoxy) is 1. The van der Waals surface area contributed by atoms with Gasteiger partial charge in [-0.1, -0.05) is 35.9 Å². The largest absolute Gasteiger partial charge is 0.394 e. The van der Waals surface area contributed by atoms with E-state index in [1.807, 2.05) is 17.8 Å². The van der Waals surface area contributed by atoms with Gasteiger partial charge in [-0.15, -0.1) is 11.8 Å². The van der Waals surface area contributed by atoms with E-state index in [0.29, 0.717) is 17.0 Å². The number of aryl methyl sites for hydroxylation is 1. The number of benzene rings is 2. The number of hydrogen-bond donors (Lipinski definition) is 4. The van der Waals surface area contributed by atoms with Crippen LogP contribution in [0.25, 0.3) is 0 Å². The lowest BCUT2D eigenvalue weighted by Gasteiger charge is -2.40. The van der Waals surface area contributed by atoms with Gasteiger partial charge in [0.2, 0.25) is 0 Å². The van der Waals surface area contributed by atoms with Gasteiger partial charge in [-0.3, -0.25) is 0 Å². The quantitative estimate of drug-likeness (QED) is 0.588. The third kappa shape index (κ3) is 4.35. The Morgan fingerprint density at radius 2 is 1.86 bits per heavy atom. The van der Waals surface area contributed by atoms with Gasteiger partial charge in [0.1, 0.15) is 30.5 Å². The Labute approximate surface area is 179 Å². The minimum atomic E-state index is -1.40. The lowest BCUT2D eigenvalue weighted by atomic mass is 9.90. The molecule has 0 aromatic heterocycles. The summed E-state index contributed by atoms with van der Waals surface area (Å²) in [5.41, 5.74) is 4.08. The maximum absolute atomic E-state index is 10.4. The predicted molar refractivity (Wildman–Crippen MR) is 112 cm³/mol. The number of halogens is 1. The zero-order valence-corrected chi connectivity index (χ0v) is 17.4. The van der Waals surface area contributed by atoms with Crippen LogP contribution in [-0.4, -0.2) is 57.2 Å². The van der Waals surface area contributed by atoms with E-state index < -0.39 is 37.1 Å². The lowest BCUT2D eigenvalue weighted by Crippen LogP contribution is -2.55. The van der Waals surface area contributed by atoms with E-state index in [2.05, 4.69) is 18.2 Å². The summed E-state index contributed by atoms with van der Waals surface area (Å²) in [7, 11) is 0. The fourth-order valence-corrected chi connectivity index (χ4v) is 5.23. The predicted octanol–water partition coefficient (Wildman–Crippen LogP) is 2.48. The van der Waals surface area contributed by atoms with Crippen molar-refractivity contribution in [2.45, 2.75) is 54.7 Å². The average molecular weight is 437 g/mol. The van der Waals surface area contributed by atoms with Crippen molar-refractivity contribution in [3.05, 3.63) is 63.7 Å². The maximum atomic E-state index is 10.4. The van der Waals surface area contributed by atoms with Crippen LogP contribution in [0.1, 0.15) is 34.8 Å². The molecular weight excluding hydrogens is 412 g/mol. The molecule has 4 rings (SSSR count). The molecule has 0 bridgehead atoms. The second-order valence-corrected chi connectivity index (χ2v) is 9.22. The monoisotopic (exact) mass is 436 g/mol. The number of aliphatic hydroxyl groups excluding tert-OH is 4. The van der Waals surface area contributed by atoms with Crippen LogP contribution >= 0.6 is 23.4 Å². The fourth-order valence-electron chi connectivity index (χ4n) is 4.03. The van der Waals surface area contributed by atoms with E-state index in [1.165, 1.54) is 28.2 Å². The molecule has 2 aromatic carbocycles. The summed E-state index contributed by atoms with van der Waals surface area (Å²) in [4.78, 5) is 1.35. The Hall–Kier alpha value is -1.12. The van der Waals surface area contributed by atoms with Gasteiger partial charge in [0, 0.05) is 9.92 Å². The van der Waals surface area contributed by atoms with Crippen molar-refractivity contribution in [3.63, 3.8) is 0 Å². The summed E-state index contributed by atoms with van der Waals surface area (Å²) in [6.07, 6.45) is -2.94. The fraction of sp³-hybridized carbons (Fsp3) is 0.455. The zero-order valence-electron chi connectivity index (χ0n) is 15.9. The first kappa shape index (κ1) is 21.1. The van der Waals surface area contributed by atoms with E-state index in [9.17, 15) is 20.4 Å².